The monoisotopic (exact) mass is 450 g/mol. The Bertz CT molecular complexity index is 1260. The van der Waals surface area contributed by atoms with Gasteiger partial charge in [-0.2, -0.15) is 0 Å². The number of benzene rings is 1. The highest BCUT2D eigenvalue weighted by Crippen LogP contribution is 2.35. The predicted octanol–water partition coefficient (Wildman–Crippen LogP) is 5.75. The van der Waals surface area contributed by atoms with Crippen molar-refractivity contribution < 1.29 is 0 Å². The van der Waals surface area contributed by atoms with E-state index in [1.807, 2.05) is 36.4 Å². The van der Waals surface area contributed by atoms with E-state index < -0.39 is 0 Å². The minimum atomic E-state index is -0.161. The summed E-state index contributed by atoms with van der Waals surface area (Å²) in [5.74, 6) is 0.769. The van der Waals surface area contributed by atoms with Crippen molar-refractivity contribution in [3.05, 3.63) is 63.6 Å². The molecule has 0 saturated heterocycles. The van der Waals surface area contributed by atoms with Gasteiger partial charge in [-0.05, 0) is 42.7 Å². The lowest BCUT2D eigenvalue weighted by Crippen LogP contribution is -2.31. The molecular weight excluding hydrogens is 428 g/mol. The predicted molar refractivity (Wildman–Crippen MR) is 123 cm³/mol. The van der Waals surface area contributed by atoms with Crippen LogP contribution in [-0.2, 0) is 0 Å². The van der Waals surface area contributed by atoms with Crippen molar-refractivity contribution in [1.29, 1.82) is 0 Å². The Kier molecular flexibility index (Phi) is 4.90. The molecule has 3 aromatic heterocycles. The fraction of sp³-hybridized carbons (Fsp3) is 0.261. The molecule has 0 spiro atoms. The molecule has 148 valence electrons. The number of anilines is 1. The van der Waals surface area contributed by atoms with E-state index in [1.54, 1.807) is 12.4 Å². The van der Waals surface area contributed by atoms with Gasteiger partial charge >= 0.3 is 0 Å². The number of pyridine rings is 3. The van der Waals surface area contributed by atoms with Crippen molar-refractivity contribution in [3.8, 4) is 11.3 Å². The highest BCUT2D eigenvalue weighted by Gasteiger charge is 2.22. The van der Waals surface area contributed by atoms with Crippen molar-refractivity contribution in [2.45, 2.75) is 33.7 Å². The Morgan fingerprint density at radius 3 is 2.62 bits per heavy atom. The number of H-pyrrole nitrogens is 1. The van der Waals surface area contributed by atoms with E-state index >= 15 is 0 Å². The number of hydrogen-bond acceptors (Lipinski definition) is 4. The lowest BCUT2D eigenvalue weighted by atomic mass is 9.88. The number of rotatable bonds is 3. The Morgan fingerprint density at radius 2 is 1.93 bits per heavy atom. The first kappa shape index (κ1) is 19.6. The van der Waals surface area contributed by atoms with Crippen LogP contribution < -0.4 is 10.9 Å². The molecule has 4 rings (SSSR count). The zero-order valence-electron chi connectivity index (χ0n) is 16.9. The fourth-order valence-electron chi connectivity index (χ4n) is 3.24. The van der Waals surface area contributed by atoms with Crippen LogP contribution in [0.1, 0.15) is 27.7 Å². The molecule has 1 aromatic carbocycles. The van der Waals surface area contributed by atoms with E-state index in [9.17, 15) is 4.79 Å². The maximum absolute atomic E-state index is 12.8. The smallest absolute Gasteiger partial charge is 0.258 e. The average Bonchev–Trinajstić information content (AvgIpc) is 2.67. The SMILES string of the molecule is CC(Nc1nc2c(-c3ccccn3)c[nH]c(=O)c2c2cc(Br)ccc12)C(C)(C)C. The summed E-state index contributed by atoms with van der Waals surface area (Å²) in [5, 5.41) is 5.91. The molecule has 29 heavy (non-hydrogen) atoms. The summed E-state index contributed by atoms with van der Waals surface area (Å²) < 4.78 is 0.912. The Labute approximate surface area is 177 Å². The maximum Gasteiger partial charge on any atom is 0.258 e. The molecule has 0 saturated carbocycles. The van der Waals surface area contributed by atoms with Crippen LogP contribution in [0.3, 0.4) is 0 Å². The molecule has 1 atom stereocenters. The van der Waals surface area contributed by atoms with Crippen LogP contribution in [0.15, 0.2) is 58.1 Å². The molecule has 0 aliphatic carbocycles. The van der Waals surface area contributed by atoms with Crippen LogP contribution in [0.5, 0.6) is 0 Å². The molecule has 0 fully saturated rings. The number of fused-ring (bicyclic) bond motifs is 3. The lowest BCUT2D eigenvalue weighted by molar-refractivity contribution is 0.359. The minimum absolute atomic E-state index is 0.0519. The quantitative estimate of drug-likeness (QED) is 0.390. The second kappa shape index (κ2) is 7.26. The minimum Gasteiger partial charge on any atom is -0.367 e. The normalized spacial score (nSPS) is 13.0. The standard InChI is InChI=1S/C23H23BrN4O/c1-13(23(2,3)4)27-21-15-9-8-14(24)11-16(15)19-20(28-21)17(12-26-22(19)29)18-7-5-6-10-25-18/h5-13H,1-4H3,(H,26,29)(H,27,28). The number of nitrogens with one attached hydrogen (secondary N) is 2. The zero-order chi connectivity index (χ0) is 20.8. The second-order valence-corrected chi connectivity index (χ2v) is 9.27. The molecule has 0 aliphatic rings. The first-order valence-electron chi connectivity index (χ1n) is 9.58. The number of hydrogen-bond donors (Lipinski definition) is 2. The van der Waals surface area contributed by atoms with Crippen LogP contribution in [0.25, 0.3) is 32.9 Å². The summed E-state index contributed by atoms with van der Waals surface area (Å²) in [6.45, 7) is 8.71. The molecule has 2 N–H and O–H groups in total. The van der Waals surface area contributed by atoms with Crippen LogP contribution in [-0.4, -0.2) is 21.0 Å². The van der Waals surface area contributed by atoms with Gasteiger partial charge in [0.1, 0.15) is 5.82 Å². The van der Waals surface area contributed by atoms with Gasteiger partial charge in [0.25, 0.3) is 5.56 Å². The van der Waals surface area contributed by atoms with Gasteiger partial charge in [-0.1, -0.05) is 42.8 Å². The first-order chi connectivity index (χ1) is 13.8. The Balaban J connectivity index is 2.09. The summed E-state index contributed by atoms with van der Waals surface area (Å²) in [7, 11) is 0. The summed E-state index contributed by atoms with van der Waals surface area (Å²) in [6, 6.07) is 11.8. The summed E-state index contributed by atoms with van der Waals surface area (Å²) in [6.07, 6.45) is 3.44. The van der Waals surface area contributed by atoms with Crippen LogP contribution in [0.4, 0.5) is 5.82 Å². The van der Waals surface area contributed by atoms with Crippen LogP contribution >= 0.6 is 15.9 Å². The lowest BCUT2D eigenvalue weighted by Gasteiger charge is -2.29. The molecule has 0 bridgehead atoms. The van der Waals surface area contributed by atoms with Crippen LogP contribution in [0, 0.1) is 5.41 Å². The molecule has 4 aromatic rings. The van der Waals surface area contributed by atoms with E-state index in [1.165, 1.54) is 0 Å². The van der Waals surface area contributed by atoms with Crippen LogP contribution in [0.2, 0.25) is 0 Å². The Morgan fingerprint density at radius 1 is 1.14 bits per heavy atom. The van der Waals surface area contributed by atoms with Crippen molar-refractivity contribution in [1.82, 2.24) is 15.0 Å². The highest BCUT2D eigenvalue weighted by molar-refractivity contribution is 9.10. The largest absolute Gasteiger partial charge is 0.367 e. The third kappa shape index (κ3) is 3.65. The first-order valence-corrected chi connectivity index (χ1v) is 10.4. The van der Waals surface area contributed by atoms with E-state index in [-0.39, 0.29) is 17.0 Å². The van der Waals surface area contributed by atoms with E-state index in [2.05, 4.69) is 58.9 Å². The molecule has 6 heteroatoms. The second-order valence-electron chi connectivity index (χ2n) is 8.35. The maximum atomic E-state index is 12.8. The zero-order valence-corrected chi connectivity index (χ0v) is 18.5. The van der Waals surface area contributed by atoms with Crippen molar-refractivity contribution in [2.75, 3.05) is 5.32 Å². The third-order valence-corrected chi connectivity index (χ3v) is 5.88. The highest BCUT2D eigenvalue weighted by atomic mass is 79.9. The van der Waals surface area contributed by atoms with Gasteiger partial charge in [-0.25, -0.2) is 4.98 Å². The van der Waals surface area contributed by atoms with Gasteiger partial charge in [0.05, 0.1) is 16.6 Å². The average molecular weight is 451 g/mol. The Hall–Kier alpha value is -2.73. The molecule has 0 aliphatic heterocycles. The van der Waals surface area contributed by atoms with Crippen molar-refractivity contribution in [2.24, 2.45) is 5.41 Å². The number of aromatic amines is 1. The number of halogens is 1. The van der Waals surface area contributed by atoms with Gasteiger partial charge in [0, 0.05) is 39.2 Å². The van der Waals surface area contributed by atoms with Gasteiger partial charge in [0.2, 0.25) is 0 Å². The van der Waals surface area contributed by atoms with Gasteiger partial charge in [-0.3, -0.25) is 9.78 Å². The fourth-order valence-corrected chi connectivity index (χ4v) is 3.60. The summed E-state index contributed by atoms with van der Waals surface area (Å²) >= 11 is 3.55. The van der Waals surface area contributed by atoms with Gasteiger partial charge in [-0.15, -0.1) is 0 Å². The molecular formula is C23H23BrN4O. The van der Waals surface area contributed by atoms with E-state index in [0.717, 1.165) is 32.3 Å². The third-order valence-electron chi connectivity index (χ3n) is 5.39. The van der Waals surface area contributed by atoms with Gasteiger partial charge in [0.15, 0.2) is 0 Å². The van der Waals surface area contributed by atoms with E-state index in [4.69, 9.17) is 4.98 Å². The number of aromatic nitrogens is 3. The van der Waals surface area contributed by atoms with Crippen molar-refractivity contribution in [3.63, 3.8) is 0 Å². The van der Waals surface area contributed by atoms with Crippen molar-refractivity contribution >= 4 is 43.4 Å². The summed E-state index contributed by atoms with van der Waals surface area (Å²) in [5.41, 5.74) is 2.10. The molecule has 5 nitrogen and oxygen atoms in total. The molecule has 3 heterocycles. The molecule has 1 unspecified atom stereocenters. The summed E-state index contributed by atoms with van der Waals surface area (Å²) in [4.78, 5) is 25.1. The number of nitrogens with zero attached hydrogens (tertiary/aromatic N) is 2. The molecule has 0 amide bonds. The topological polar surface area (TPSA) is 70.7 Å². The van der Waals surface area contributed by atoms with E-state index in [0.29, 0.717) is 10.9 Å². The van der Waals surface area contributed by atoms with Gasteiger partial charge < -0.3 is 10.3 Å². The molecule has 0 radical (unpaired) electrons.